The minimum Gasteiger partial charge on any atom is -0.384 e. The van der Waals surface area contributed by atoms with Crippen LogP contribution in [0.4, 0.5) is 0 Å². The van der Waals surface area contributed by atoms with Gasteiger partial charge in [0, 0.05) is 32.6 Å². The van der Waals surface area contributed by atoms with E-state index in [0.717, 1.165) is 31.5 Å². The summed E-state index contributed by atoms with van der Waals surface area (Å²) >= 11 is 0. The second-order valence-electron chi connectivity index (χ2n) is 5.64. The highest BCUT2D eigenvalue weighted by atomic mass is 16.5. The number of nitrogens with one attached hydrogen (secondary N) is 1. The summed E-state index contributed by atoms with van der Waals surface area (Å²) in [5.74, 6) is 0.213. The minimum atomic E-state index is -0.372. The number of piperidine rings is 1. The fraction of sp³-hybridized carbons (Fsp3) is 0.625. The van der Waals surface area contributed by atoms with Gasteiger partial charge >= 0.3 is 0 Å². The summed E-state index contributed by atoms with van der Waals surface area (Å²) in [6, 6.07) is 3.92. The molecule has 0 atom stereocenters. The highest BCUT2D eigenvalue weighted by Gasteiger charge is 2.41. The van der Waals surface area contributed by atoms with Crippen molar-refractivity contribution < 1.29 is 9.53 Å². The molecule has 116 valence electrons. The quantitative estimate of drug-likeness (QED) is 0.862. The van der Waals surface area contributed by atoms with Crippen LogP contribution in [0.5, 0.6) is 0 Å². The van der Waals surface area contributed by atoms with E-state index in [4.69, 9.17) is 4.74 Å². The van der Waals surface area contributed by atoms with Gasteiger partial charge in [-0.15, -0.1) is 0 Å². The molecule has 5 nitrogen and oxygen atoms in total. The van der Waals surface area contributed by atoms with Crippen molar-refractivity contribution in [1.29, 1.82) is 0 Å². The lowest BCUT2D eigenvalue weighted by atomic mass is 9.78. The largest absolute Gasteiger partial charge is 0.384 e. The fourth-order valence-electron chi connectivity index (χ4n) is 2.97. The van der Waals surface area contributed by atoms with Gasteiger partial charge in [0.05, 0.1) is 12.0 Å². The number of rotatable bonds is 6. The highest BCUT2D eigenvalue weighted by molar-refractivity contribution is 5.83. The Labute approximate surface area is 126 Å². The van der Waals surface area contributed by atoms with Crippen LogP contribution in [0.1, 0.15) is 25.3 Å². The third-order valence-corrected chi connectivity index (χ3v) is 4.23. The van der Waals surface area contributed by atoms with E-state index in [2.05, 4.69) is 10.3 Å². The molecule has 0 saturated carbocycles. The predicted octanol–water partition coefficient (Wildman–Crippen LogP) is 1.45. The van der Waals surface area contributed by atoms with Gasteiger partial charge < -0.3 is 15.0 Å². The van der Waals surface area contributed by atoms with Crippen molar-refractivity contribution in [3.63, 3.8) is 0 Å². The molecule has 21 heavy (non-hydrogen) atoms. The van der Waals surface area contributed by atoms with Crippen molar-refractivity contribution in [2.24, 2.45) is 5.41 Å². The molecule has 1 amide bonds. The Bertz CT molecular complexity index is 439. The van der Waals surface area contributed by atoms with Crippen LogP contribution in [0.2, 0.25) is 0 Å². The summed E-state index contributed by atoms with van der Waals surface area (Å²) in [5, 5.41) is 3.32. The number of carbonyl (C=O) groups is 1. The van der Waals surface area contributed by atoms with Gasteiger partial charge in [-0.2, -0.15) is 0 Å². The Morgan fingerprint density at radius 1 is 1.38 bits per heavy atom. The van der Waals surface area contributed by atoms with Crippen LogP contribution >= 0.6 is 0 Å². The van der Waals surface area contributed by atoms with Crippen molar-refractivity contribution >= 4 is 5.91 Å². The molecule has 5 heteroatoms. The summed E-state index contributed by atoms with van der Waals surface area (Å²) in [5.41, 5.74) is 0.741. The van der Waals surface area contributed by atoms with Crippen LogP contribution in [0.15, 0.2) is 24.5 Å². The monoisotopic (exact) mass is 291 g/mol. The molecule has 0 unspecified atom stereocenters. The van der Waals surface area contributed by atoms with E-state index in [0.29, 0.717) is 19.7 Å². The Morgan fingerprint density at radius 2 is 2.05 bits per heavy atom. The van der Waals surface area contributed by atoms with Gasteiger partial charge in [0.15, 0.2) is 0 Å². The number of aromatic nitrogens is 1. The van der Waals surface area contributed by atoms with Crippen LogP contribution in [-0.4, -0.2) is 49.1 Å². The van der Waals surface area contributed by atoms with Gasteiger partial charge in [0.1, 0.15) is 0 Å². The van der Waals surface area contributed by atoms with Crippen molar-refractivity contribution in [1.82, 2.24) is 15.2 Å². The fourth-order valence-corrected chi connectivity index (χ4v) is 2.97. The summed E-state index contributed by atoms with van der Waals surface area (Å²) in [6.07, 6.45) is 5.21. The van der Waals surface area contributed by atoms with E-state index in [9.17, 15) is 4.79 Å². The number of hydrogen-bond donors (Lipinski definition) is 1. The van der Waals surface area contributed by atoms with E-state index in [-0.39, 0.29) is 11.3 Å². The predicted molar refractivity (Wildman–Crippen MR) is 81.7 cm³/mol. The van der Waals surface area contributed by atoms with Gasteiger partial charge in [-0.25, -0.2) is 0 Å². The smallest absolute Gasteiger partial charge is 0.231 e. The molecule has 1 aliphatic rings. The first-order chi connectivity index (χ1) is 10.2. The zero-order valence-corrected chi connectivity index (χ0v) is 13.0. The lowest BCUT2D eigenvalue weighted by Crippen LogP contribution is -2.51. The molecule has 0 spiro atoms. The number of amides is 1. The van der Waals surface area contributed by atoms with Crippen molar-refractivity contribution in [3.05, 3.63) is 30.1 Å². The summed E-state index contributed by atoms with van der Waals surface area (Å²) in [7, 11) is 1.68. The number of pyridine rings is 1. The maximum absolute atomic E-state index is 13.0. The van der Waals surface area contributed by atoms with Gasteiger partial charge in [-0.05, 0) is 50.6 Å². The first kappa shape index (κ1) is 15.9. The Balaban J connectivity index is 2.13. The zero-order valence-electron chi connectivity index (χ0n) is 13.0. The average molecular weight is 291 g/mol. The molecule has 0 aliphatic carbocycles. The van der Waals surface area contributed by atoms with E-state index in [1.54, 1.807) is 19.5 Å². The number of carbonyl (C=O) groups excluding carboxylic acids is 1. The van der Waals surface area contributed by atoms with Crippen LogP contribution < -0.4 is 5.32 Å². The molecule has 0 aromatic carbocycles. The van der Waals surface area contributed by atoms with Gasteiger partial charge in [0.2, 0.25) is 5.91 Å². The third-order valence-electron chi connectivity index (χ3n) is 4.23. The summed E-state index contributed by atoms with van der Waals surface area (Å²) in [6.45, 7) is 5.63. The zero-order chi connectivity index (χ0) is 15.1. The molecule has 1 N–H and O–H groups in total. The molecule has 2 heterocycles. The Hall–Kier alpha value is -1.46. The Kier molecular flexibility index (Phi) is 5.70. The van der Waals surface area contributed by atoms with Crippen LogP contribution in [0.3, 0.4) is 0 Å². The van der Waals surface area contributed by atoms with Crippen molar-refractivity contribution in [3.8, 4) is 0 Å². The lowest BCUT2D eigenvalue weighted by Gasteiger charge is -2.39. The average Bonchev–Trinajstić information content (AvgIpc) is 2.54. The molecule has 0 bridgehead atoms. The van der Waals surface area contributed by atoms with Crippen LogP contribution in [0.25, 0.3) is 0 Å². The first-order valence-electron chi connectivity index (χ1n) is 7.60. The maximum Gasteiger partial charge on any atom is 0.231 e. The maximum atomic E-state index is 13.0. The molecule has 1 aromatic heterocycles. The van der Waals surface area contributed by atoms with Crippen LogP contribution in [-0.2, 0) is 16.1 Å². The second kappa shape index (κ2) is 7.52. The van der Waals surface area contributed by atoms with Crippen molar-refractivity contribution in [2.75, 3.05) is 33.4 Å². The van der Waals surface area contributed by atoms with E-state index in [1.165, 1.54) is 0 Å². The molecule has 1 aromatic rings. The normalized spacial score (nSPS) is 17.4. The highest BCUT2D eigenvalue weighted by Crippen LogP contribution is 2.32. The minimum absolute atomic E-state index is 0.213. The molecular formula is C16H25N3O2. The third kappa shape index (κ3) is 3.80. The lowest BCUT2D eigenvalue weighted by molar-refractivity contribution is -0.148. The summed E-state index contributed by atoms with van der Waals surface area (Å²) < 4.78 is 5.37. The molecule has 1 saturated heterocycles. The summed E-state index contributed by atoms with van der Waals surface area (Å²) in [4.78, 5) is 19.0. The number of hydrogen-bond acceptors (Lipinski definition) is 4. The number of nitrogens with zero attached hydrogens (tertiary/aromatic N) is 2. The second-order valence-corrected chi connectivity index (χ2v) is 5.64. The van der Waals surface area contributed by atoms with E-state index in [1.807, 2.05) is 24.0 Å². The topological polar surface area (TPSA) is 54.5 Å². The first-order valence-corrected chi connectivity index (χ1v) is 7.60. The molecule has 2 rings (SSSR count). The van der Waals surface area contributed by atoms with Gasteiger partial charge in [-0.3, -0.25) is 9.78 Å². The number of ether oxygens (including phenoxy) is 1. The number of methoxy groups -OCH3 is 1. The van der Waals surface area contributed by atoms with E-state index >= 15 is 0 Å². The van der Waals surface area contributed by atoms with Gasteiger partial charge in [0.25, 0.3) is 0 Å². The van der Waals surface area contributed by atoms with Crippen LogP contribution in [0, 0.1) is 5.41 Å². The molecular weight excluding hydrogens is 266 g/mol. The van der Waals surface area contributed by atoms with E-state index < -0.39 is 0 Å². The molecule has 0 radical (unpaired) electrons. The molecule has 1 aliphatic heterocycles. The van der Waals surface area contributed by atoms with Gasteiger partial charge in [-0.1, -0.05) is 0 Å². The SMILES string of the molecule is CCN(Cc1ccncc1)C(=O)C1(COC)CCNCC1. The Morgan fingerprint density at radius 3 is 2.62 bits per heavy atom. The standard InChI is InChI=1S/C16H25N3O2/c1-3-19(12-14-4-8-17-9-5-14)15(20)16(13-21-2)6-10-18-11-7-16/h4-5,8-9,18H,3,6-7,10-13H2,1-2H3. The molecule has 1 fully saturated rings. The van der Waals surface area contributed by atoms with Crippen molar-refractivity contribution in [2.45, 2.75) is 26.3 Å².